The number of nitrogens with zero attached hydrogens (tertiary/aromatic N) is 1. The SMILES string of the molecule is COc1cc(Br)c(/C=N\NC(=O)[C@H]2CCS(=O)(=O)C2)cc1OC. The molecule has 0 saturated carbocycles. The van der Waals surface area contributed by atoms with Gasteiger partial charge < -0.3 is 9.47 Å². The normalized spacial score (nSPS) is 19.7. The first-order valence-corrected chi connectivity index (χ1v) is 9.42. The van der Waals surface area contributed by atoms with Gasteiger partial charge in [0.15, 0.2) is 21.3 Å². The molecular weight excluding hydrogens is 388 g/mol. The van der Waals surface area contributed by atoms with Crippen molar-refractivity contribution in [2.24, 2.45) is 11.0 Å². The summed E-state index contributed by atoms with van der Waals surface area (Å²) in [5.74, 6) is 0.108. The molecule has 7 nitrogen and oxygen atoms in total. The molecule has 2 rings (SSSR count). The maximum atomic E-state index is 11.9. The van der Waals surface area contributed by atoms with Gasteiger partial charge in [-0.2, -0.15) is 5.10 Å². The summed E-state index contributed by atoms with van der Waals surface area (Å²) in [6.07, 6.45) is 1.79. The van der Waals surface area contributed by atoms with E-state index >= 15 is 0 Å². The van der Waals surface area contributed by atoms with Crippen molar-refractivity contribution in [3.05, 3.63) is 22.2 Å². The standard InChI is InChI=1S/C14H17BrN2O5S/c1-21-12-5-10(11(15)6-13(12)22-2)7-16-17-14(18)9-3-4-23(19,20)8-9/h5-7,9H,3-4,8H2,1-2H3,(H,17,18)/b16-7-/t9-/m0/s1. The van der Waals surface area contributed by atoms with Crippen molar-refractivity contribution >= 4 is 37.9 Å². The van der Waals surface area contributed by atoms with Crippen molar-refractivity contribution < 1.29 is 22.7 Å². The third kappa shape index (κ3) is 4.44. The maximum Gasteiger partial charge on any atom is 0.244 e. The second-order valence-corrected chi connectivity index (χ2v) is 8.15. The molecule has 126 valence electrons. The van der Waals surface area contributed by atoms with Crippen LogP contribution in [0.2, 0.25) is 0 Å². The molecule has 0 aromatic heterocycles. The summed E-state index contributed by atoms with van der Waals surface area (Å²) in [6.45, 7) is 0. The number of carbonyl (C=O) groups is 1. The summed E-state index contributed by atoms with van der Waals surface area (Å²) in [5.41, 5.74) is 3.06. The van der Waals surface area contributed by atoms with Gasteiger partial charge in [-0.3, -0.25) is 4.79 Å². The molecule has 9 heteroatoms. The van der Waals surface area contributed by atoms with E-state index in [1.807, 2.05) is 0 Å². The maximum absolute atomic E-state index is 11.9. The molecule has 1 saturated heterocycles. The summed E-state index contributed by atoms with van der Waals surface area (Å²) in [5, 5.41) is 3.88. The van der Waals surface area contributed by atoms with Gasteiger partial charge in [0.1, 0.15) is 0 Å². The summed E-state index contributed by atoms with van der Waals surface area (Å²) in [6, 6.07) is 3.43. The first kappa shape index (κ1) is 17.7. The minimum Gasteiger partial charge on any atom is -0.493 e. The van der Waals surface area contributed by atoms with Crippen molar-refractivity contribution in [3.63, 3.8) is 0 Å². The van der Waals surface area contributed by atoms with Gasteiger partial charge in [-0.1, -0.05) is 0 Å². The molecular formula is C14H17BrN2O5S. The number of amides is 1. The number of carbonyl (C=O) groups excluding carboxylic acids is 1. The van der Waals surface area contributed by atoms with Gasteiger partial charge in [0.25, 0.3) is 0 Å². The molecule has 0 unspecified atom stereocenters. The average molecular weight is 405 g/mol. The molecule has 1 atom stereocenters. The Hall–Kier alpha value is -1.61. The number of hydrogen-bond donors (Lipinski definition) is 1. The van der Waals surface area contributed by atoms with Gasteiger partial charge >= 0.3 is 0 Å². The van der Waals surface area contributed by atoms with E-state index in [-0.39, 0.29) is 17.4 Å². The smallest absolute Gasteiger partial charge is 0.244 e. The van der Waals surface area contributed by atoms with Crippen molar-refractivity contribution in [1.29, 1.82) is 0 Å². The largest absolute Gasteiger partial charge is 0.493 e. The molecule has 1 aliphatic rings. The Bertz CT molecular complexity index is 733. The lowest BCUT2D eigenvalue weighted by atomic mass is 10.1. The van der Waals surface area contributed by atoms with Crippen molar-refractivity contribution in [1.82, 2.24) is 5.43 Å². The zero-order valence-corrected chi connectivity index (χ0v) is 15.1. The zero-order valence-electron chi connectivity index (χ0n) is 12.7. The number of halogens is 1. The molecule has 1 N–H and O–H groups in total. The average Bonchev–Trinajstić information content (AvgIpc) is 2.88. The van der Waals surface area contributed by atoms with Crippen LogP contribution in [0.5, 0.6) is 11.5 Å². The van der Waals surface area contributed by atoms with E-state index in [9.17, 15) is 13.2 Å². The van der Waals surface area contributed by atoms with Crippen LogP contribution in [0.15, 0.2) is 21.7 Å². The van der Waals surface area contributed by atoms with E-state index in [0.29, 0.717) is 23.5 Å². The second kappa shape index (κ2) is 7.31. The minimum absolute atomic E-state index is 0.0516. The van der Waals surface area contributed by atoms with E-state index in [1.165, 1.54) is 20.4 Å². The Morgan fingerprint density at radius 3 is 2.57 bits per heavy atom. The Balaban J connectivity index is 2.05. The van der Waals surface area contributed by atoms with Crippen molar-refractivity contribution in [2.45, 2.75) is 6.42 Å². The summed E-state index contributed by atoms with van der Waals surface area (Å²) in [7, 11) is -0.0333. The Labute approximate surface area is 143 Å². The van der Waals surface area contributed by atoms with Gasteiger partial charge in [-0.15, -0.1) is 0 Å². The lowest BCUT2D eigenvalue weighted by Crippen LogP contribution is -2.27. The van der Waals surface area contributed by atoms with E-state index in [0.717, 1.165) is 4.47 Å². The van der Waals surface area contributed by atoms with E-state index in [2.05, 4.69) is 26.5 Å². The number of ether oxygens (including phenoxy) is 2. The van der Waals surface area contributed by atoms with Crippen molar-refractivity contribution in [2.75, 3.05) is 25.7 Å². The summed E-state index contributed by atoms with van der Waals surface area (Å²) >= 11 is 3.38. The van der Waals surface area contributed by atoms with Crippen LogP contribution in [0.3, 0.4) is 0 Å². The summed E-state index contributed by atoms with van der Waals surface area (Å²) < 4.78 is 33.8. The Morgan fingerprint density at radius 1 is 1.35 bits per heavy atom. The van der Waals surface area contributed by atoms with Crippen LogP contribution >= 0.6 is 15.9 Å². The van der Waals surface area contributed by atoms with Crippen LogP contribution in [0.25, 0.3) is 0 Å². The highest BCUT2D eigenvalue weighted by molar-refractivity contribution is 9.10. The predicted octanol–water partition coefficient (Wildman–Crippen LogP) is 1.35. The third-order valence-corrected chi connectivity index (χ3v) is 5.94. The second-order valence-electron chi connectivity index (χ2n) is 5.06. The Kier molecular flexibility index (Phi) is 5.64. The fourth-order valence-electron chi connectivity index (χ4n) is 2.23. The quantitative estimate of drug-likeness (QED) is 0.590. The molecule has 0 radical (unpaired) electrons. The first-order valence-electron chi connectivity index (χ1n) is 6.81. The molecule has 1 heterocycles. The summed E-state index contributed by atoms with van der Waals surface area (Å²) in [4.78, 5) is 11.9. The highest BCUT2D eigenvalue weighted by Crippen LogP contribution is 2.32. The molecule has 1 amide bonds. The van der Waals surface area contributed by atoms with Crippen LogP contribution in [0.1, 0.15) is 12.0 Å². The van der Waals surface area contributed by atoms with Crippen LogP contribution in [0, 0.1) is 5.92 Å². The number of sulfone groups is 1. The number of methoxy groups -OCH3 is 2. The number of rotatable bonds is 5. The molecule has 0 aliphatic carbocycles. The molecule has 1 aromatic carbocycles. The molecule has 1 aromatic rings. The fraction of sp³-hybridized carbons (Fsp3) is 0.429. The van der Waals surface area contributed by atoms with Gasteiger partial charge in [0, 0.05) is 10.0 Å². The van der Waals surface area contributed by atoms with Gasteiger partial charge in [-0.05, 0) is 34.5 Å². The predicted molar refractivity (Wildman–Crippen MR) is 89.7 cm³/mol. The number of hydrazone groups is 1. The molecule has 0 bridgehead atoms. The van der Waals surface area contributed by atoms with Crippen LogP contribution in [0.4, 0.5) is 0 Å². The highest BCUT2D eigenvalue weighted by atomic mass is 79.9. The Morgan fingerprint density at radius 2 is 2.00 bits per heavy atom. The fourth-order valence-corrected chi connectivity index (χ4v) is 4.39. The lowest BCUT2D eigenvalue weighted by molar-refractivity contribution is -0.124. The van der Waals surface area contributed by atoms with Crippen LogP contribution in [-0.2, 0) is 14.6 Å². The number of nitrogens with one attached hydrogen (secondary N) is 1. The number of benzene rings is 1. The molecule has 1 fully saturated rings. The molecule has 23 heavy (non-hydrogen) atoms. The monoisotopic (exact) mass is 404 g/mol. The zero-order chi connectivity index (χ0) is 17.0. The van der Waals surface area contributed by atoms with Crippen molar-refractivity contribution in [3.8, 4) is 11.5 Å². The highest BCUT2D eigenvalue weighted by Gasteiger charge is 2.32. The van der Waals surface area contributed by atoms with E-state index in [1.54, 1.807) is 12.1 Å². The van der Waals surface area contributed by atoms with Gasteiger partial charge in [-0.25, -0.2) is 13.8 Å². The first-order chi connectivity index (χ1) is 10.9. The molecule has 0 spiro atoms. The lowest BCUT2D eigenvalue weighted by Gasteiger charge is -2.09. The third-order valence-electron chi connectivity index (χ3n) is 3.48. The van der Waals surface area contributed by atoms with Gasteiger partial charge in [0.05, 0.1) is 37.9 Å². The number of hydrogen-bond acceptors (Lipinski definition) is 6. The molecule has 1 aliphatic heterocycles. The van der Waals surface area contributed by atoms with E-state index < -0.39 is 15.8 Å². The van der Waals surface area contributed by atoms with Crippen LogP contribution in [-0.4, -0.2) is 46.3 Å². The van der Waals surface area contributed by atoms with E-state index in [4.69, 9.17) is 9.47 Å². The topological polar surface area (TPSA) is 94.1 Å². The van der Waals surface area contributed by atoms with Crippen LogP contribution < -0.4 is 14.9 Å². The van der Waals surface area contributed by atoms with Gasteiger partial charge in [0.2, 0.25) is 5.91 Å². The minimum atomic E-state index is -3.09.